The van der Waals surface area contributed by atoms with E-state index in [1.54, 1.807) is 25.1 Å². The topological polar surface area (TPSA) is 66.5 Å². The zero-order chi connectivity index (χ0) is 15.4. The summed E-state index contributed by atoms with van der Waals surface area (Å²) in [6.07, 6.45) is 0.784. The van der Waals surface area contributed by atoms with Crippen LogP contribution in [-0.4, -0.2) is 28.7 Å². The van der Waals surface area contributed by atoms with Crippen LogP contribution in [0.4, 0.5) is 0 Å². The zero-order valence-corrected chi connectivity index (χ0v) is 12.5. The van der Waals surface area contributed by atoms with Crippen LogP contribution < -0.4 is 5.32 Å². The van der Waals surface area contributed by atoms with Crippen LogP contribution in [0.3, 0.4) is 0 Å². The second-order valence-corrected chi connectivity index (χ2v) is 5.37. The second-order valence-electron chi connectivity index (χ2n) is 4.93. The Balaban J connectivity index is 2.00. The molecule has 0 aliphatic carbocycles. The van der Waals surface area contributed by atoms with Crippen LogP contribution in [0, 0.1) is 0 Å². The number of hydrogen-bond donors (Lipinski definition) is 1. The molecule has 1 atom stereocenters. The van der Waals surface area contributed by atoms with Crippen LogP contribution in [0.5, 0.6) is 0 Å². The molecule has 3 amide bonds. The van der Waals surface area contributed by atoms with Crippen LogP contribution in [0.2, 0.25) is 5.02 Å². The average Bonchev–Trinajstić information content (AvgIpc) is 2.78. The van der Waals surface area contributed by atoms with Gasteiger partial charge in [0.2, 0.25) is 17.7 Å². The molecule has 1 unspecified atom stereocenters. The van der Waals surface area contributed by atoms with Crippen LogP contribution in [0.15, 0.2) is 24.3 Å². The molecule has 0 aromatic heterocycles. The molecule has 21 heavy (non-hydrogen) atoms. The molecule has 1 aliphatic heterocycles. The number of rotatable bonds is 5. The van der Waals surface area contributed by atoms with Crippen LogP contribution in [-0.2, 0) is 20.9 Å². The van der Waals surface area contributed by atoms with E-state index in [9.17, 15) is 14.4 Å². The van der Waals surface area contributed by atoms with Crippen molar-refractivity contribution in [2.45, 2.75) is 38.8 Å². The Morgan fingerprint density at radius 1 is 1.33 bits per heavy atom. The number of carbonyl (C=O) groups is 3. The Morgan fingerprint density at radius 2 is 2.00 bits per heavy atom. The van der Waals surface area contributed by atoms with Gasteiger partial charge in [-0.1, -0.05) is 30.7 Å². The molecular formula is C15H17ClN2O3. The van der Waals surface area contributed by atoms with E-state index in [1.807, 2.05) is 6.07 Å². The van der Waals surface area contributed by atoms with Gasteiger partial charge in [-0.2, -0.15) is 0 Å². The van der Waals surface area contributed by atoms with Crippen molar-refractivity contribution in [3.05, 3.63) is 34.9 Å². The molecule has 6 heteroatoms. The lowest BCUT2D eigenvalue weighted by Gasteiger charge is -2.24. The van der Waals surface area contributed by atoms with Gasteiger partial charge in [0.25, 0.3) is 0 Å². The Morgan fingerprint density at radius 3 is 2.57 bits per heavy atom. The van der Waals surface area contributed by atoms with Crippen molar-refractivity contribution in [2.24, 2.45) is 0 Å². The second kappa shape index (κ2) is 6.72. The summed E-state index contributed by atoms with van der Waals surface area (Å²) in [5.41, 5.74) is 0.866. The molecule has 0 radical (unpaired) electrons. The first kappa shape index (κ1) is 15.5. The molecule has 1 fully saturated rings. The van der Waals surface area contributed by atoms with E-state index < -0.39 is 6.04 Å². The van der Waals surface area contributed by atoms with E-state index in [-0.39, 0.29) is 30.6 Å². The van der Waals surface area contributed by atoms with Crippen molar-refractivity contribution in [1.82, 2.24) is 10.2 Å². The number of likely N-dealkylation sites (tertiary alicyclic amines) is 1. The minimum atomic E-state index is -0.730. The van der Waals surface area contributed by atoms with E-state index in [0.717, 1.165) is 10.5 Å². The first-order valence-electron chi connectivity index (χ1n) is 6.90. The fraction of sp³-hybridized carbons (Fsp3) is 0.400. The number of halogens is 1. The van der Waals surface area contributed by atoms with Gasteiger partial charge in [0.15, 0.2) is 0 Å². The number of amides is 3. The molecular weight excluding hydrogens is 292 g/mol. The summed E-state index contributed by atoms with van der Waals surface area (Å²) in [5, 5.41) is 3.35. The van der Waals surface area contributed by atoms with Crippen molar-refractivity contribution in [3.8, 4) is 0 Å². The zero-order valence-electron chi connectivity index (χ0n) is 11.8. The largest absolute Gasteiger partial charge is 0.350 e. The molecule has 2 rings (SSSR count). The minimum Gasteiger partial charge on any atom is -0.350 e. The summed E-state index contributed by atoms with van der Waals surface area (Å²) in [6.45, 7) is 2.09. The monoisotopic (exact) mass is 308 g/mol. The highest BCUT2D eigenvalue weighted by atomic mass is 35.5. The summed E-state index contributed by atoms with van der Waals surface area (Å²) in [5.74, 6) is -0.865. The number of nitrogens with zero attached hydrogens (tertiary/aromatic N) is 1. The van der Waals surface area contributed by atoms with Gasteiger partial charge in [-0.05, 0) is 24.1 Å². The summed E-state index contributed by atoms with van der Waals surface area (Å²) < 4.78 is 0. The lowest BCUT2D eigenvalue weighted by molar-refractivity contribution is -0.146. The predicted molar refractivity (Wildman–Crippen MR) is 78.5 cm³/mol. The summed E-state index contributed by atoms with van der Waals surface area (Å²) in [6, 6.07) is 6.43. The Bertz CT molecular complexity index is 558. The minimum absolute atomic E-state index is 0.191. The first-order valence-corrected chi connectivity index (χ1v) is 7.27. The standard InChI is InChI=1S/C15H17ClN2O3/c1-2-12(18-13(19)6-7-14(18)20)15(21)17-9-10-4-3-5-11(16)8-10/h3-5,8,12H,2,6-7,9H2,1H3,(H,17,21). The van der Waals surface area contributed by atoms with E-state index >= 15 is 0 Å². The predicted octanol–water partition coefficient (Wildman–Crippen LogP) is 1.88. The molecule has 1 saturated heterocycles. The highest BCUT2D eigenvalue weighted by molar-refractivity contribution is 6.30. The summed E-state index contributed by atoms with van der Waals surface area (Å²) >= 11 is 5.88. The molecule has 1 heterocycles. The Labute approximate surface area is 128 Å². The van der Waals surface area contributed by atoms with Crippen molar-refractivity contribution in [3.63, 3.8) is 0 Å². The van der Waals surface area contributed by atoms with Crippen molar-refractivity contribution < 1.29 is 14.4 Å². The van der Waals surface area contributed by atoms with E-state index in [1.165, 1.54) is 0 Å². The number of benzene rings is 1. The fourth-order valence-electron chi connectivity index (χ4n) is 2.38. The molecule has 1 aromatic carbocycles. The first-order chi connectivity index (χ1) is 10.0. The molecule has 0 bridgehead atoms. The number of nitrogens with one attached hydrogen (secondary N) is 1. The van der Waals surface area contributed by atoms with Gasteiger partial charge in [-0.3, -0.25) is 19.3 Å². The average molecular weight is 309 g/mol. The summed E-state index contributed by atoms with van der Waals surface area (Å²) in [7, 11) is 0. The fourth-order valence-corrected chi connectivity index (χ4v) is 2.59. The Hall–Kier alpha value is -1.88. The van der Waals surface area contributed by atoms with Gasteiger partial charge >= 0.3 is 0 Å². The third kappa shape index (κ3) is 3.61. The normalized spacial score (nSPS) is 16.2. The third-order valence-electron chi connectivity index (χ3n) is 3.45. The molecule has 1 aromatic rings. The maximum absolute atomic E-state index is 12.2. The van der Waals surface area contributed by atoms with Crippen LogP contribution >= 0.6 is 11.6 Å². The molecule has 112 valence electrons. The van der Waals surface area contributed by atoms with Gasteiger partial charge in [0.1, 0.15) is 6.04 Å². The number of imide groups is 1. The van der Waals surface area contributed by atoms with Gasteiger partial charge in [-0.25, -0.2) is 0 Å². The molecule has 1 aliphatic rings. The SMILES string of the molecule is CCC(C(=O)NCc1cccc(Cl)c1)N1C(=O)CCC1=O. The van der Waals surface area contributed by atoms with Gasteiger partial charge in [-0.15, -0.1) is 0 Å². The lowest BCUT2D eigenvalue weighted by Crippen LogP contribution is -2.48. The molecule has 0 spiro atoms. The Kier molecular flexibility index (Phi) is 4.96. The van der Waals surface area contributed by atoms with Gasteiger partial charge in [0, 0.05) is 24.4 Å². The highest BCUT2D eigenvalue weighted by Crippen LogP contribution is 2.18. The van der Waals surface area contributed by atoms with Crippen LogP contribution in [0.25, 0.3) is 0 Å². The van der Waals surface area contributed by atoms with E-state index in [2.05, 4.69) is 5.32 Å². The lowest BCUT2D eigenvalue weighted by atomic mass is 10.1. The maximum atomic E-state index is 12.2. The van der Waals surface area contributed by atoms with E-state index in [0.29, 0.717) is 18.0 Å². The van der Waals surface area contributed by atoms with Gasteiger partial charge < -0.3 is 5.32 Å². The third-order valence-corrected chi connectivity index (χ3v) is 3.68. The van der Waals surface area contributed by atoms with Crippen LogP contribution in [0.1, 0.15) is 31.7 Å². The van der Waals surface area contributed by atoms with Crippen molar-refractivity contribution in [1.29, 1.82) is 0 Å². The highest BCUT2D eigenvalue weighted by Gasteiger charge is 2.37. The molecule has 5 nitrogen and oxygen atoms in total. The molecule has 1 N–H and O–H groups in total. The molecule has 0 saturated carbocycles. The quantitative estimate of drug-likeness (QED) is 0.845. The van der Waals surface area contributed by atoms with Crippen molar-refractivity contribution in [2.75, 3.05) is 0 Å². The maximum Gasteiger partial charge on any atom is 0.243 e. The smallest absolute Gasteiger partial charge is 0.243 e. The van der Waals surface area contributed by atoms with Gasteiger partial charge in [0.05, 0.1) is 0 Å². The number of hydrogen-bond acceptors (Lipinski definition) is 3. The number of carbonyl (C=O) groups excluding carboxylic acids is 3. The van der Waals surface area contributed by atoms with Crippen molar-refractivity contribution >= 4 is 29.3 Å². The van der Waals surface area contributed by atoms with E-state index in [4.69, 9.17) is 11.6 Å². The summed E-state index contributed by atoms with van der Waals surface area (Å²) in [4.78, 5) is 36.7.